The molecule has 24 heavy (non-hydrogen) atoms. The van der Waals surface area contributed by atoms with Crippen molar-refractivity contribution in [2.24, 2.45) is 4.99 Å². The first-order valence-electron chi connectivity index (χ1n) is 7.15. The van der Waals surface area contributed by atoms with Gasteiger partial charge in [0.15, 0.2) is 0 Å². The quantitative estimate of drug-likeness (QED) is 0.579. The number of amides is 1. The van der Waals surface area contributed by atoms with Crippen LogP contribution in [0.15, 0.2) is 59.9 Å². The van der Waals surface area contributed by atoms with Gasteiger partial charge in [-0.15, -0.1) is 0 Å². The number of hydrogen-bond acceptors (Lipinski definition) is 5. The number of hydrogen-bond donors (Lipinski definition) is 1. The number of nitro groups is 1. The van der Waals surface area contributed by atoms with Gasteiger partial charge in [0.2, 0.25) is 0 Å². The van der Waals surface area contributed by atoms with Gasteiger partial charge in [-0.2, -0.15) is 0 Å². The lowest BCUT2D eigenvalue weighted by Gasteiger charge is -2.02. The highest BCUT2D eigenvalue weighted by Gasteiger charge is 2.28. The summed E-state index contributed by atoms with van der Waals surface area (Å²) in [6.45, 7) is 0. The Morgan fingerprint density at radius 1 is 1.17 bits per heavy atom. The molecule has 0 saturated carbocycles. The van der Waals surface area contributed by atoms with Crippen LogP contribution in [0.25, 0.3) is 10.8 Å². The summed E-state index contributed by atoms with van der Waals surface area (Å²) in [5.41, 5.74) is 1.64. The Hall–Kier alpha value is -3.61. The van der Waals surface area contributed by atoms with E-state index < -0.39 is 4.92 Å². The standard InChI is InChI=1S/C17H10N4O3/c22-17-16(13-8-11(21(23)24)4-5-15(13)20-17)19-14-3-1-2-10-9-18-7-6-12(10)14/h1-9H,(H,19,20,22). The lowest BCUT2D eigenvalue weighted by molar-refractivity contribution is -0.384. The number of nitrogens with one attached hydrogen (secondary N) is 1. The van der Waals surface area contributed by atoms with Crippen molar-refractivity contribution in [2.45, 2.75) is 0 Å². The lowest BCUT2D eigenvalue weighted by atomic mass is 10.1. The fourth-order valence-corrected chi connectivity index (χ4v) is 2.69. The van der Waals surface area contributed by atoms with Crippen LogP contribution < -0.4 is 5.32 Å². The first-order valence-corrected chi connectivity index (χ1v) is 7.15. The van der Waals surface area contributed by atoms with E-state index in [1.807, 2.05) is 18.2 Å². The smallest absolute Gasteiger partial charge is 0.275 e. The molecule has 2 aromatic carbocycles. The fraction of sp³-hybridized carbons (Fsp3) is 0. The summed E-state index contributed by atoms with van der Waals surface area (Å²) in [5, 5.41) is 15.4. The van der Waals surface area contributed by atoms with Crippen molar-refractivity contribution in [2.75, 3.05) is 5.32 Å². The molecule has 116 valence electrons. The van der Waals surface area contributed by atoms with E-state index in [2.05, 4.69) is 15.3 Å². The van der Waals surface area contributed by atoms with Crippen molar-refractivity contribution in [3.63, 3.8) is 0 Å². The van der Waals surface area contributed by atoms with E-state index in [0.29, 0.717) is 16.9 Å². The molecule has 0 bridgehead atoms. The Balaban J connectivity index is 1.91. The summed E-state index contributed by atoms with van der Waals surface area (Å²) in [7, 11) is 0. The van der Waals surface area contributed by atoms with Gasteiger partial charge in [0.05, 0.1) is 16.3 Å². The van der Waals surface area contributed by atoms with E-state index in [9.17, 15) is 14.9 Å². The summed E-state index contributed by atoms with van der Waals surface area (Å²) < 4.78 is 0. The Labute approximate surface area is 135 Å². The Bertz CT molecular complexity index is 1040. The second kappa shape index (κ2) is 5.24. The first kappa shape index (κ1) is 14.0. The second-order valence-corrected chi connectivity index (χ2v) is 5.28. The van der Waals surface area contributed by atoms with Gasteiger partial charge in [-0.1, -0.05) is 12.1 Å². The molecule has 1 N–H and O–H groups in total. The van der Waals surface area contributed by atoms with Crippen molar-refractivity contribution < 1.29 is 9.72 Å². The molecule has 1 aromatic heterocycles. The molecule has 7 heteroatoms. The van der Waals surface area contributed by atoms with Gasteiger partial charge < -0.3 is 5.32 Å². The lowest BCUT2D eigenvalue weighted by Crippen LogP contribution is -2.13. The molecular weight excluding hydrogens is 308 g/mol. The normalized spacial score (nSPS) is 14.7. The van der Waals surface area contributed by atoms with E-state index in [1.54, 1.807) is 18.5 Å². The van der Waals surface area contributed by atoms with Crippen LogP contribution in [0.5, 0.6) is 0 Å². The molecule has 0 saturated heterocycles. The number of nitro benzene ring substituents is 1. The highest BCUT2D eigenvalue weighted by Crippen LogP contribution is 2.31. The molecule has 1 aliphatic heterocycles. The van der Waals surface area contributed by atoms with Crippen molar-refractivity contribution >= 4 is 39.5 Å². The maximum absolute atomic E-state index is 12.2. The second-order valence-electron chi connectivity index (χ2n) is 5.28. The molecule has 3 aromatic rings. The zero-order valence-electron chi connectivity index (χ0n) is 12.3. The number of non-ortho nitro benzene ring substituents is 1. The molecule has 1 amide bonds. The van der Waals surface area contributed by atoms with Crippen molar-refractivity contribution in [1.82, 2.24) is 4.98 Å². The van der Waals surface area contributed by atoms with Crippen LogP contribution >= 0.6 is 0 Å². The topological polar surface area (TPSA) is 97.5 Å². The number of benzene rings is 2. The van der Waals surface area contributed by atoms with E-state index >= 15 is 0 Å². The maximum Gasteiger partial charge on any atom is 0.275 e. The van der Waals surface area contributed by atoms with Gasteiger partial charge >= 0.3 is 0 Å². The summed E-state index contributed by atoms with van der Waals surface area (Å²) in [5.74, 6) is -0.378. The van der Waals surface area contributed by atoms with Crippen LogP contribution in [0.1, 0.15) is 5.56 Å². The zero-order valence-corrected chi connectivity index (χ0v) is 12.3. The van der Waals surface area contributed by atoms with Gasteiger partial charge in [0, 0.05) is 40.9 Å². The molecule has 0 radical (unpaired) electrons. The Morgan fingerprint density at radius 3 is 2.88 bits per heavy atom. The minimum absolute atomic E-state index is 0.0833. The van der Waals surface area contributed by atoms with Crippen LogP contribution in [-0.4, -0.2) is 21.5 Å². The van der Waals surface area contributed by atoms with E-state index in [1.165, 1.54) is 18.2 Å². The molecule has 2 heterocycles. The van der Waals surface area contributed by atoms with Gasteiger partial charge in [0.1, 0.15) is 5.71 Å². The van der Waals surface area contributed by atoms with Crippen LogP contribution in [0.2, 0.25) is 0 Å². The fourth-order valence-electron chi connectivity index (χ4n) is 2.69. The average molecular weight is 318 g/mol. The molecule has 0 spiro atoms. The van der Waals surface area contributed by atoms with Gasteiger partial charge in [0.25, 0.3) is 11.6 Å². The molecule has 0 aliphatic carbocycles. The van der Waals surface area contributed by atoms with Crippen LogP contribution in [0.3, 0.4) is 0 Å². The number of nitrogens with zero attached hydrogens (tertiary/aromatic N) is 3. The Morgan fingerprint density at radius 2 is 2.04 bits per heavy atom. The van der Waals surface area contributed by atoms with Crippen LogP contribution in [0.4, 0.5) is 17.1 Å². The number of carbonyl (C=O) groups excluding carboxylic acids is 1. The third kappa shape index (κ3) is 2.19. The predicted molar refractivity (Wildman–Crippen MR) is 89.7 cm³/mol. The monoisotopic (exact) mass is 318 g/mol. The molecule has 0 unspecified atom stereocenters. The molecule has 7 nitrogen and oxygen atoms in total. The average Bonchev–Trinajstić information content (AvgIpc) is 2.90. The number of aliphatic imine (C=N–C) groups is 1. The number of anilines is 1. The number of fused-ring (bicyclic) bond motifs is 2. The van der Waals surface area contributed by atoms with E-state index in [4.69, 9.17) is 0 Å². The number of carbonyl (C=O) groups is 1. The van der Waals surface area contributed by atoms with Crippen LogP contribution in [0, 0.1) is 10.1 Å². The van der Waals surface area contributed by atoms with Crippen LogP contribution in [-0.2, 0) is 4.79 Å². The molecule has 4 rings (SSSR count). The zero-order chi connectivity index (χ0) is 16.7. The van der Waals surface area contributed by atoms with E-state index in [0.717, 1.165) is 10.8 Å². The van der Waals surface area contributed by atoms with Gasteiger partial charge in [-0.3, -0.25) is 19.9 Å². The minimum atomic E-state index is -0.496. The third-order valence-corrected chi connectivity index (χ3v) is 3.82. The maximum atomic E-state index is 12.2. The van der Waals surface area contributed by atoms with E-state index in [-0.39, 0.29) is 17.3 Å². The Kier molecular flexibility index (Phi) is 3.06. The SMILES string of the molecule is O=C1Nc2ccc([N+](=O)[O-])cc2C1=Nc1cccc2cnccc12. The predicted octanol–water partition coefficient (Wildman–Crippen LogP) is 3.22. The summed E-state index contributed by atoms with van der Waals surface area (Å²) in [4.78, 5) is 31.2. The minimum Gasteiger partial charge on any atom is -0.320 e. The van der Waals surface area contributed by atoms with Gasteiger partial charge in [-0.05, 0) is 18.2 Å². The summed E-state index contributed by atoms with van der Waals surface area (Å²) in [6.07, 6.45) is 3.37. The van der Waals surface area contributed by atoms with Crippen molar-refractivity contribution in [3.8, 4) is 0 Å². The summed E-state index contributed by atoms with van der Waals surface area (Å²) in [6, 6.07) is 11.6. The van der Waals surface area contributed by atoms with Gasteiger partial charge in [-0.25, -0.2) is 4.99 Å². The third-order valence-electron chi connectivity index (χ3n) is 3.82. The highest BCUT2D eigenvalue weighted by atomic mass is 16.6. The number of aromatic nitrogens is 1. The molecule has 0 fully saturated rings. The van der Waals surface area contributed by atoms with Crippen molar-refractivity contribution in [1.29, 1.82) is 0 Å². The number of rotatable bonds is 2. The molecule has 1 aliphatic rings. The number of pyridine rings is 1. The first-order chi connectivity index (χ1) is 11.6. The highest BCUT2D eigenvalue weighted by molar-refractivity contribution is 6.54. The summed E-state index contributed by atoms with van der Waals surface area (Å²) >= 11 is 0. The largest absolute Gasteiger partial charge is 0.320 e. The molecular formula is C17H10N4O3. The molecule has 0 atom stereocenters. The van der Waals surface area contributed by atoms with Crippen molar-refractivity contribution in [3.05, 3.63) is 70.5 Å².